The summed E-state index contributed by atoms with van der Waals surface area (Å²) in [5.41, 5.74) is 8.57. The van der Waals surface area contributed by atoms with Gasteiger partial charge in [-0.1, -0.05) is 0 Å². The Morgan fingerprint density at radius 2 is 2.33 bits per heavy atom. The first-order valence-corrected chi connectivity index (χ1v) is 4.78. The molecule has 1 aromatic carbocycles. The van der Waals surface area contributed by atoms with Gasteiger partial charge >= 0.3 is 5.97 Å². The molecule has 0 bridgehead atoms. The lowest BCUT2D eigenvalue weighted by atomic mass is 10.00. The molecule has 0 saturated heterocycles. The van der Waals surface area contributed by atoms with Gasteiger partial charge in [0.2, 0.25) is 0 Å². The maximum absolute atomic E-state index is 11.5. The first-order valence-electron chi connectivity index (χ1n) is 4.78. The van der Waals surface area contributed by atoms with Gasteiger partial charge in [0.1, 0.15) is 5.75 Å². The van der Waals surface area contributed by atoms with E-state index in [1.807, 2.05) is 6.92 Å². The fraction of sp³-hybridized carbons (Fsp3) is 0.364. The highest BCUT2D eigenvalue weighted by Gasteiger charge is 2.25. The Bertz CT molecular complexity index is 426. The van der Waals surface area contributed by atoms with Crippen LogP contribution in [0.5, 0.6) is 5.75 Å². The fourth-order valence-electron chi connectivity index (χ4n) is 1.93. The summed E-state index contributed by atoms with van der Waals surface area (Å²) in [6.45, 7) is 2.52. The highest BCUT2D eigenvalue weighted by molar-refractivity contribution is 5.98. The number of ether oxygens (including phenoxy) is 2. The number of nitrogen functional groups attached to an aromatic ring is 1. The lowest BCUT2D eigenvalue weighted by molar-refractivity contribution is 0.0601. The van der Waals surface area contributed by atoms with Gasteiger partial charge < -0.3 is 15.2 Å². The number of rotatable bonds is 1. The molecular formula is C11H13NO3. The molecule has 80 valence electrons. The quantitative estimate of drug-likeness (QED) is 0.557. The van der Waals surface area contributed by atoms with Crippen molar-refractivity contribution >= 4 is 11.7 Å². The number of hydrogen-bond acceptors (Lipinski definition) is 4. The van der Waals surface area contributed by atoms with Crippen LogP contribution in [0.1, 0.15) is 21.5 Å². The van der Waals surface area contributed by atoms with Crippen LogP contribution in [0.15, 0.2) is 6.07 Å². The number of nitrogens with two attached hydrogens (primary N) is 1. The lowest BCUT2D eigenvalue weighted by Gasteiger charge is -2.10. The van der Waals surface area contributed by atoms with Crippen molar-refractivity contribution < 1.29 is 14.3 Å². The molecule has 1 aliphatic rings. The summed E-state index contributed by atoms with van der Waals surface area (Å²) < 4.78 is 10.2. The molecule has 1 heterocycles. The summed E-state index contributed by atoms with van der Waals surface area (Å²) in [7, 11) is 1.35. The van der Waals surface area contributed by atoms with Crippen LogP contribution in [0.2, 0.25) is 0 Å². The molecule has 0 aromatic heterocycles. The van der Waals surface area contributed by atoms with Crippen molar-refractivity contribution in [1.29, 1.82) is 0 Å². The Morgan fingerprint density at radius 3 is 3.00 bits per heavy atom. The highest BCUT2D eigenvalue weighted by Crippen LogP contribution is 2.35. The summed E-state index contributed by atoms with van der Waals surface area (Å²) in [6, 6.07) is 1.75. The SMILES string of the molecule is COC(=O)c1c(N)cc(C)c2c1CCO2. The molecule has 0 amide bonds. The predicted octanol–water partition coefficient (Wildman–Crippen LogP) is 1.30. The van der Waals surface area contributed by atoms with E-state index < -0.39 is 5.97 Å². The largest absolute Gasteiger partial charge is 0.493 e. The van der Waals surface area contributed by atoms with Gasteiger partial charge in [0.15, 0.2) is 0 Å². The smallest absolute Gasteiger partial charge is 0.340 e. The molecule has 1 aliphatic heterocycles. The molecule has 0 radical (unpaired) electrons. The number of carbonyl (C=O) groups excluding carboxylic acids is 1. The van der Waals surface area contributed by atoms with Gasteiger partial charge in [-0.05, 0) is 18.6 Å². The average Bonchev–Trinajstić information content (AvgIpc) is 2.66. The van der Waals surface area contributed by atoms with Gasteiger partial charge in [-0.3, -0.25) is 0 Å². The Hall–Kier alpha value is -1.71. The molecule has 0 fully saturated rings. The standard InChI is InChI=1S/C11H13NO3/c1-6-5-8(12)9(11(13)14-2)7-3-4-15-10(6)7/h5H,3-4,12H2,1-2H3. The molecule has 0 aliphatic carbocycles. The Balaban J connectivity index is 2.64. The van der Waals surface area contributed by atoms with Crippen LogP contribution in [0.4, 0.5) is 5.69 Å². The van der Waals surface area contributed by atoms with E-state index in [9.17, 15) is 4.79 Å². The number of esters is 1. The van der Waals surface area contributed by atoms with E-state index >= 15 is 0 Å². The maximum atomic E-state index is 11.5. The molecule has 0 unspecified atom stereocenters. The normalized spacial score (nSPS) is 13.2. The van der Waals surface area contributed by atoms with Crippen molar-refractivity contribution in [2.24, 2.45) is 0 Å². The van der Waals surface area contributed by atoms with Crippen LogP contribution in [0.3, 0.4) is 0 Å². The second-order valence-corrected chi connectivity index (χ2v) is 3.56. The Kier molecular flexibility index (Phi) is 2.26. The lowest BCUT2D eigenvalue weighted by Crippen LogP contribution is -2.09. The molecule has 15 heavy (non-hydrogen) atoms. The monoisotopic (exact) mass is 207 g/mol. The minimum absolute atomic E-state index is 0.394. The van der Waals surface area contributed by atoms with E-state index in [1.54, 1.807) is 6.07 Å². The zero-order valence-electron chi connectivity index (χ0n) is 8.79. The number of hydrogen-bond donors (Lipinski definition) is 1. The van der Waals surface area contributed by atoms with E-state index in [-0.39, 0.29) is 0 Å². The minimum Gasteiger partial charge on any atom is -0.493 e. The maximum Gasteiger partial charge on any atom is 0.340 e. The van der Waals surface area contributed by atoms with Gasteiger partial charge in [0.05, 0.1) is 19.3 Å². The van der Waals surface area contributed by atoms with Crippen LogP contribution in [-0.2, 0) is 11.2 Å². The average molecular weight is 207 g/mol. The third-order valence-electron chi connectivity index (χ3n) is 2.58. The van der Waals surface area contributed by atoms with E-state index in [0.29, 0.717) is 24.3 Å². The second kappa shape index (κ2) is 3.46. The zero-order chi connectivity index (χ0) is 11.0. The topological polar surface area (TPSA) is 61.5 Å². The molecule has 0 saturated carbocycles. The molecule has 0 atom stereocenters. The van der Waals surface area contributed by atoms with E-state index in [0.717, 1.165) is 16.9 Å². The minimum atomic E-state index is -0.394. The third-order valence-corrected chi connectivity index (χ3v) is 2.58. The molecule has 0 spiro atoms. The summed E-state index contributed by atoms with van der Waals surface area (Å²) in [6.07, 6.45) is 0.714. The number of benzene rings is 1. The first-order chi connectivity index (χ1) is 7.15. The predicted molar refractivity (Wildman–Crippen MR) is 56.1 cm³/mol. The number of carbonyl (C=O) groups is 1. The summed E-state index contributed by atoms with van der Waals surface area (Å²) in [4.78, 5) is 11.5. The fourth-order valence-corrected chi connectivity index (χ4v) is 1.93. The van der Waals surface area contributed by atoms with Crippen LogP contribution in [0, 0.1) is 6.92 Å². The van der Waals surface area contributed by atoms with Gasteiger partial charge in [0.25, 0.3) is 0 Å². The molecule has 4 heteroatoms. The van der Waals surface area contributed by atoms with E-state index in [1.165, 1.54) is 7.11 Å². The number of fused-ring (bicyclic) bond motifs is 1. The van der Waals surface area contributed by atoms with Crippen molar-refractivity contribution in [2.45, 2.75) is 13.3 Å². The van der Waals surface area contributed by atoms with Crippen molar-refractivity contribution in [3.8, 4) is 5.75 Å². The number of aryl methyl sites for hydroxylation is 1. The molecule has 2 N–H and O–H groups in total. The van der Waals surface area contributed by atoms with Crippen LogP contribution in [-0.4, -0.2) is 19.7 Å². The van der Waals surface area contributed by atoms with Crippen molar-refractivity contribution in [3.05, 3.63) is 22.8 Å². The van der Waals surface area contributed by atoms with E-state index in [2.05, 4.69) is 0 Å². The van der Waals surface area contributed by atoms with Crippen molar-refractivity contribution in [2.75, 3.05) is 19.5 Å². The highest BCUT2D eigenvalue weighted by atomic mass is 16.5. The second-order valence-electron chi connectivity index (χ2n) is 3.56. The van der Waals surface area contributed by atoms with Gasteiger partial charge in [0, 0.05) is 17.7 Å². The van der Waals surface area contributed by atoms with E-state index in [4.69, 9.17) is 15.2 Å². The Labute approximate surface area is 88.0 Å². The first kappa shape index (κ1) is 9.83. The van der Waals surface area contributed by atoms with Gasteiger partial charge in [-0.25, -0.2) is 4.79 Å². The third kappa shape index (κ3) is 1.42. The summed E-state index contributed by atoms with van der Waals surface area (Å²) >= 11 is 0. The zero-order valence-corrected chi connectivity index (χ0v) is 8.79. The molecular weight excluding hydrogens is 194 g/mol. The van der Waals surface area contributed by atoms with Crippen molar-refractivity contribution in [1.82, 2.24) is 0 Å². The number of anilines is 1. The molecule has 4 nitrogen and oxygen atoms in total. The van der Waals surface area contributed by atoms with Crippen LogP contribution < -0.4 is 10.5 Å². The molecule has 1 aromatic rings. The summed E-state index contributed by atoms with van der Waals surface area (Å²) in [5.74, 6) is 0.388. The van der Waals surface area contributed by atoms with Crippen LogP contribution in [0.25, 0.3) is 0 Å². The molecule has 2 rings (SSSR count). The summed E-state index contributed by atoms with van der Waals surface area (Å²) in [5, 5.41) is 0. The van der Waals surface area contributed by atoms with Crippen molar-refractivity contribution in [3.63, 3.8) is 0 Å². The Morgan fingerprint density at radius 1 is 1.60 bits per heavy atom. The van der Waals surface area contributed by atoms with Crippen LogP contribution >= 0.6 is 0 Å². The van der Waals surface area contributed by atoms with Gasteiger partial charge in [-0.15, -0.1) is 0 Å². The number of methoxy groups -OCH3 is 1. The van der Waals surface area contributed by atoms with Gasteiger partial charge in [-0.2, -0.15) is 0 Å².